The van der Waals surface area contributed by atoms with Crippen LogP contribution in [0.5, 0.6) is 0 Å². The van der Waals surface area contributed by atoms with Crippen LogP contribution in [0.4, 0.5) is 18.9 Å². The van der Waals surface area contributed by atoms with Crippen molar-refractivity contribution < 1.29 is 13.2 Å². The molecule has 0 saturated carbocycles. The maximum Gasteiger partial charge on any atom is 0.416 e. The van der Waals surface area contributed by atoms with Gasteiger partial charge >= 0.3 is 6.18 Å². The van der Waals surface area contributed by atoms with Gasteiger partial charge in [-0.3, -0.25) is 9.88 Å². The maximum absolute atomic E-state index is 12.9. The zero-order valence-electron chi connectivity index (χ0n) is 15.7. The Balaban J connectivity index is 1.58. The number of hydrogen-bond acceptors (Lipinski definition) is 5. The Morgan fingerprint density at radius 1 is 1.11 bits per heavy atom. The number of hydrogen-bond donors (Lipinski definition) is 1. The van der Waals surface area contributed by atoms with E-state index >= 15 is 0 Å². The molecule has 3 aromatic rings. The van der Waals surface area contributed by atoms with E-state index in [0.29, 0.717) is 10.9 Å². The molecule has 0 spiro atoms. The Hall–Kier alpha value is -2.19. The van der Waals surface area contributed by atoms with Crippen molar-refractivity contribution in [2.24, 2.45) is 0 Å². The zero-order chi connectivity index (χ0) is 20.0. The average molecular weight is 408 g/mol. The maximum atomic E-state index is 12.9. The lowest BCUT2D eigenvalue weighted by atomic mass is 10.1. The average Bonchev–Trinajstić information content (AvgIpc) is 3.17. The molecular weight excluding hydrogens is 385 g/mol. The van der Waals surface area contributed by atoms with E-state index in [-0.39, 0.29) is 0 Å². The van der Waals surface area contributed by atoms with E-state index in [9.17, 15) is 13.2 Å². The predicted octanol–water partition coefficient (Wildman–Crippen LogP) is 5.42. The van der Waals surface area contributed by atoms with E-state index < -0.39 is 11.7 Å². The number of alkyl halides is 3. The number of nitrogens with zero attached hydrogens (tertiary/aromatic N) is 3. The fourth-order valence-electron chi connectivity index (χ4n) is 3.11. The van der Waals surface area contributed by atoms with Crippen LogP contribution in [-0.4, -0.2) is 34.5 Å². The van der Waals surface area contributed by atoms with Gasteiger partial charge in [-0.05, 0) is 37.6 Å². The number of thiazole rings is 1. The molecule has 0 saturated heterocycles. The van der Waals surface area contributed by atoms with Crippen LogP contribution in [-0.2, 0) is 12.7 Å². The molecule has 2 heterocycles. The zero-order valence-corrected chi connectivity index (χ0v) is 16.5. The van der Waals surface area contributed by atoms with Crippen LogP contribution in [0, 0.1) is 0 Å². The second kappa shape index (κ2) is 9.34. The number of halogens is 3. The van der Waals surface area contributed by atoms with Gasteiger partial charge in [0.2, 0.25) is 0 Å². The Kier molecular flexibility index (Phi) is 6.85. The highest BCUT2D eigenvalue weighted by Crippen LogP contribution is 2.32. The smallest absolute Gasteiger partial charge is 0.384 e. The van der Waals surface area contributed by atoms with E-state index in [1.807, 2.05) is 11.6 Å². The second-order valence-corrected chi connectivity index (χ2v) is 7.55. The topological polar surface area (TPSA) is 41.0 Å². The molecule has 28 heavy (non-hydrogen) atoms. The summed E-state index contributed by atoms with van der Waals surface area (Å²) in [5.74, 6) is 0. The van der Waals surface area contributed by atoms with Gasteiger partial charge in [-0.15, -0.1) is 11.3 Å². The molecular formula is C20H23F3N4S. The summed E-state index contributed by atoms with van der Waals surface area (Å²) in [4.78, 5) is 10.8. The van der Waals surface area contributed by atoms with Gasteiger partial charge in [0.05, 0.1) is 17.6 Å². The van der Waals surface area contributed by atoms with Crippen LogP contribution in [0.1, 0.15) is 30.3 Å². The molecule has 150 valence electrons. The number of aromatic nitrogens is 2. The highest BCUT2D eigenvalue weighted by Gasteiger charge is 2.30. The van der Waals surface area contributed by atoms with Crippen molar-refractivity contribution in [2.45, 2.75) is 32.5 Å². The molecule has 0 radical (unpaired) electrons. The minimum absolute atomic E-state index is 0.344. The van der Waals surface area contributed by atoms with Crippen molar-refractivity contribution in [1.29, 1.82) is 0 Å². The lowest BCUT2D eigenvalue weighted by Crippen LogP contribution is -2.26. The SMILES string of the molecule is CCCN(CCCNc1ccnc2cc(C(F)(F)F)ccc12)Cc1nccs1. The summed E-state index contributed by atoms with van der Waals surface area (Å²) in [5, 5.41) is 7.14. The van der Waals surface area contributed by atoms with Gasteiger partial charge in [-0.1, -0.05) is 13.0 Å². The monoisotopic (exact) mass is 408 g/mol. The molecule has 2 aromatic heterocycles. The molecule has 1 aromatic carbocycles. The fourth-order valence-corrected chi connectivity index (χ4v) is 3.77. The Labute approximate surface area is 166 Å². The summed E-state index contributed by atoms with van der Waals surface area (Å²) in [6, 6.07) is 5.48. The minimum Gasteiger partial charge on any atom is -0.384 e. The highest BCUT2D eigenvalue weighted by atomic mass is 32.1. The number of fused-ring (bicyclic) bond motifs is 1. The number of benzene rings is 1. The normalized spacial score (nSPS) is 12.0. The van der Waals surface area contributed by atoms with Crippen LogP contribution in [0.3, 0.4) is 0 Å². The van der Waals surface area contributed by atoms with E-state index in [1.165, 1.54) is 12.3 Å². The van der Waals surface area contributed by atoms with Gasteiger partial charge in [-0.2, -0.15) is 13.2 Å². The predicted molar refractivity (Wildman–Crippen MR) is 108 cm³/mol. The van der Waals surface area contributed by atoms with Crippen molar-refractivity contribution in [1.82, 2.24) is 14.9 Å². The van der Waals surface area contributed by atoms with Crippen LogP contribution >= 0.6 is 11.3 Å². The molecule has 0 bridgehead atoms. The Morgan fingerprint density at radius 2 is 1.96 bits per heavy atom. The second-order valence-electron chi connectivity index (χ2n) is 6.57. The first-order valence-corrected chi connectivity index (χ1v) is 10.2. The Morgan fingerprint density at radius 3 is 2.68 bits per heavy atom. The quantitative estimate of drug-likeness (QED) is 0.480. The van der Waals surface area contributed by atoms with E-state index in [1.54, 1.807) is 17.4 Å². The third-order valence-corrected chi connectivity index (χ3v) is 5.18. The Bertz CT molecular complexity index is 881. The first kappa shape index (κ1) is 20.5. The number of anilines is 1. The van der Waals surface area contributed by atoms with Gasteiger partial charge in [0.15, 0.2) is 0 Å². The van der Waals surface area contributed by atoms with Crippen LogP contribution in [0.2, 0.25) is 0 Å². The lowest BCUT2D eigenvalue weighted by Gasteiger charge is -2.20. The highest BCUT2D eigenvalue weighted by molar-refractivity contribution is 7.09. The van der Waals surface area contributed by atoms with Gasteiger partial charge in [0.25, 0.3) is 0 Å². The number of rotatable bonds is 9. The molecule has 3 rings (SSSR count). The van der Waals surface area contributed by atoms with Gasteiger partial charge in [0, 0.05) is 41.9 Å². The summed E-state index contributed by atoms with van der Waals surface area (Å²) in [7, 11) is 0. The largest absolute Gasteiger partial charge is 0.416 e. The van der Waals surface area contributed by atoms with E-state index in [0.717, 1.165) is 61.8 Å². The first-order chi connectivity index (χ1) is 13.5. The number of pyridine rings is 1. The third kappa shape index (κ3) is 5.42. The summed E-state index contributed by atoms with van der Waals surface area (Å²) in [6.45, 7) is 5.69. The van der Waals surface area contributed by atoms with Gasteiger partial charge in [0.1, 0.15) is 5.01 Å². The summed E-state index contributed by atoms with van der Waals surface area (Å²) < 4.78 is 38.7. The van der Waals surface area contributed by atoms with Gasteiger partial charge < -0.3 is 5.32 Å². The first-order valence-electron chi connectivity index (χ1n) is 9.28. The van der Waals surface area contributed by atoms with Crippen LogP contribution < -0.4 is 5.32 Å². The molecule has 0 aliphatic carbocycles. The summed E-state index contributed by atoms with van der Waals surface area (Å²) in [5.41, 5.74) is 0.471. The standard InChI is InChI=1S/C20H23F3N4S/c1-2-10-27(14-19-26-9-12-28-19)11-3-7-24-17-6-8-25-18-13-15(20(21,22)23)4-5-16(17)18/h4-6,8-9,12-13H,2-3,7,10-11,14H2,1H3,(H,24,25). The summed E-state index contributed by atoms with van der Waals surface area (Å²) in [6.07, 6.45) is 1.01. The third-order valence-electron chi connectivity index (χ3n) is 4.42. The molecule has 4 nitrogen and oxygen atoms in total. The van der Waals surface area contributed by atoms with E-state index in [2.05, 4.69) is 27.1 Å². The molecule has 0 unspecified atom stereocenters. The fraction of sp³-hybridized carbons (Fsp3) is 0.400. The molecule has 1 N–H and O–H groups in total. The van der Waals surface area contributed by atoms with Crippen molar-refractivity contribution in [3.05, 3.63) is 52.6 Å². The molecule has 0 amide bonds. The molecule has 0 aliphatic rings. The van der Waals surface area contributed by atoms with Crippen LogP contribution in [0.25, 0.3) is 10.9 Å². The minimum atomic E-state index is -4.36. The van der Waals surface area contributed by atoms with E-state index in [4.69, 9.17) is 0 Å². The molecule has 8 heteroatoms. The van der Waals surface area contributed by atoms with Gasteiger partial charge in [-0.25, -0.2) is 4.98 Å². The molecule has 0 atom stereocenters. The number of nitrogens with one attached hydrogen (secondary N) is 1. The van der Waals surface area contributed by atoms with Crippen LogP contribution in [0.15, 0.2) is 42.0 Å². The van der Waals surface area contributed by atoms with Crippen molar-refractivity contribution in [3.63, 3.8) is 0 Å². The van der Waals surface area contributed by atoms with Crippen molar-refractivity contribution in [2.75, 3.05) is 25.0 Å². The van der Waals surface area contributed by atoms with Crippen molar-refractivity contribution >= 4 is 27.9 Å². The lowest BCUT2D eigenvalue weighted by molar-refractivity contribution is -0.137. The van der Waals surface area contributed by atoms with Crippen molar-refractivity contribution in [3.8, 4) is 0 Å². The summed E-state index contributed by atoms with van der Waals surface area (Å²) >= 11 is 1.66. The molecule has 0 aliphatic heterocycles. The molecule has 0 fully saturated rings.